The van der Waals surface area contributed by atoms with Gasteiger partial charge < -0.3 is 10.6 Å². The lowest BCUT2D eigenvalue weighted by Gasteiger charge is -2.39. The van der Waals surface area contributed by atoms with Crippen molar-refractivity contribution in [3.8, 4) is 0 Å². The van der Waals surface area contributed by atoms with Crippen LogP contribution in [0.4, 0.5) is 0 Å². The maximum Gasteiger partial charge on any atom is 0.225 e. The van der Waals surface area contributed by atoms with E-state index in [1.807, 2.05) is 0 Å². The summed E-state index contributed by atoms with van der Waals surface area (Å²) < 4.78 is 0. The number of hydrogen-bond donors (Lipinski definition) is 1. The number of rotatable bonds is 3. The van der Waals surface area contributed by atoms with Crippen LogP contribution in [0.1, 0.15) is 58.8 Å². The lowest BCUT2D eigenvalue weighted by atomic mass is 9.78. The number of nitrogens with zero attached hydrogens (tertiary/aromatic N) is 1. The van der Waals surface area contributed by atoms with E-state index >= 15 is 0 Å². The highest BCUT2D eigenvalue weighted by molar-refractivity contribution is 5.79. The highest BCUT2D eigenvalue weighted by Crippen LogP contribution is 2.38. The van der Waals surface area contributed by atoms with Crippen LogP contribution in [0.2, 0.25) is 0 Å². The number of carbonyl (C=O) groups is 1. The number of carbonyl (C=O) groups excluding carboxylic acids is 1. The Morgan fingerprint density at radius 1 is 1.47 bits per heavy atom. The Balaban J connectivity index is 2.05. The lowest BCUT2D eigenvalue weighted by molar-refractivity contribution is -0.137. The Morgan fingerprint density at radius 2 is 2.24 bits per heavy atom. The van der Waals surface area contributed by atoms with Crippen LogP contribution in [0.25, 0.3) is 0 Å². The summed E-state index contributed by atoms with van der Waals surface area (Å²) in [5.41, 5.74) is 6.40. The number of fused-ring (bicyclic) bond motifs is 1. The summed E-state index contributed by atoms with van der Waals surface area (Å²) in [4.78, 5) is 14.5. The van der Waals surface area contributed by atoms with Gasteiger partial charge in [-0.2, -0.15) is 0 Å². The van der Waals surface area contributed by atoms with Gasteiger partial charge in [0.05, 0.1) is 0 Å². The molecule has 1 amide bonds. The minimum atomic E-state index is -0.0696. The Kier molecular flexibility index (Phi) is 3.76. The van der Waals surface area contributed by atoms with Gasteiger partial charge in [0.1, 0.15) is 0 Å². The molecule has 1 saturated carbocycles. The molecular formula is C14H26N2O. The van der Waals surface area contributed by atoms with Gasteiger partial charge in [-0.3, -0.25) is 4.79 Å². The molecule has 1 saturated heterocycles. The zero-order valence-electron chi connectivity index (χ0n) is 11.2. The second-order valence-electron chi connectivity index (χ2n) is 5.97. The topological polar surface area (TPSA) is 46.3 Å². The van der Waals surface area contributed by atoms with Crippen LogP contribution in [0.5, 0.6) is 0 Å². The van der Waals surface area contributed by atoms with Crippen molar-refractivity contribution in [3.63, 3.8) is 0 Å². The Labute approximate surface area is 105 Å². The van der Waals surface area contributed by atoms with Crippen molar-refractivity contribution in [1.29, 1.82) is 0 Å². The van der Waals surface area contributed by atoms with Crippen molar-refractivity contribution < 1.29 is 4.79 Å². The summed E-state index contributed by atoms with van der Waals surface area (Å²) in [5, 5.41) is 0. The van der Waals surface area contributed by atoms with Crippen molar-refractivity contribution >= 4 is 5.91 Å². The second kappa shape index (κ2) is 4.97. The standard InChI is InChI=1S/C14H26N2O/c1-3-6-11(2)13(17)16-10-9-14(15)8-5-4-7-12(14)16/h11-12H,3-10,15H2,1-2H3. The molecule has 0 aromatic rings. The fourth-order valence-electron chi connectivity index (χ4n) is 3.59. The van der Waals surface area contributed by atoms with Crippen molar-refractivity contribution in [2.45, 2.75) is 70.4 Å². The molecule has 3 atom stereocenters. The highest BCUT2D eigenvalue weighted by Gasteiger charge is 2.47. The molecule has 2 N–H and O–H groups in total. The van der Waals surface area contributed by atoms with E-state index in [9.17, 15) is 4.79 Å². The smallest absolute Gasteiger partial charge is 0.225 e. The van der Waals surface area contributed by atoms with Gasteiger partial charge in [0.2, 0.25) is 5.91 Å². The molecule has 98 valence electrons. The number of nitrogens with two attached hydrogens (primary N) is 1. The molecule has 3 unspecified atom stereocenters. The molecule has 0 aromatic carbocycles. The number of likely N-dealkylation sites (tertiary alicyclic amines) is 1. The van der Waals surface area contributed by atoms with E-state index in [1.165, 1.54) is 12.8 Å². The van der Waals surface area contributed by atoms with Gasteiger partial charge in [-0.1, -0.05) is 33.1 Å². The zero-order chi connectivity index (χ0) is 12.5. The zero-order valence-corrected chi connectivity index (χ0v) is 11.2. The van der Waals surface area contributed by atoms with E-state index in [4.69, 9.17) is 5.73 Å². The lowest BCUT2D eigenvalue weighted by Crippen LogP contribution is -2.55. The molecule has 0 spiro atoms. The van der Waals surface area contributed by atoms with Crippen LogP contribution in [0.15, 0.2) is 0 Å². The van der Waals surface area contributed by atoms with Crippen LogP contribution >= 0.6 is 0 Å². The van der Waals surface area contributed by atoms with E-state index in [-0.39, 0.29) is 11.5 Å². The molecular weight excluding hydrogens is 212 g/mol. The van der Waals surface area contributed by atoms with Gasteiger partial charge in [0, 0.05) is 24.0 Å². The van der Waals surface area contributed by atoms with Crippen LogP contribution in [-0.2, 0) is 4.79 Å². The SMILES string of the molecule is CCCC(C)C(=O)N1CCC2(N)CCCCC12. The predicted octanol–water partition coefficient (Wildman–Crippen LogP) is 2.29. The second-order valence-corrected chi connectivity index (χ2v) is 5.97. The van der Waals surface area contributed by atoms with Crippen molar-refractivity contribution in [1.82, 2.24) is 4.90 Å². The normalized spacial score (nSPS) is 34.5. The summed E-state index contributed by atoms with van der Waals surface area (Å²) in [5.74, 6) is 0.510. The molecule has 1 aliphatic carbocycles. The van der Waals surface area contributed by atoms with E-state index in [2.05, 4.69) is 18.7 Å². The number of hydrogen-bond acceptors (Lipinski definition) is 2. The quantitative estimate of drug-likeness (QED) is 0.820. The average molecular weight is 238 g/mol. The monoisotopic (exact) mass is 238 g/mol. The maximum atomic E-state index is 12.4. The molecule has 0 aromatic heterocycles. The molecule has 3 heteroatoms. The first-order valence-electron chi connectivity index (χ1n) is 7.18. The molecule has 0 bridgehead atoms. The largest absolute Gasteiger partial charge is 0.338 e. The molecule has 0 radical (unpaired) electrons. The fourth-order valence-corrected chi connectivity index (χ4v) is 3.59. The first kappa shape index (κ1) is 12.9. The highest BCUT2D eigenvalue weighted by atomic mass is 16.2. The van der Waals surface area contributed by atoms with Crippen molar-refractivity contribution in [3.05, 3.63) is 0 Å². The van der Waals surface area contributed by atoms with Gasteiger partial charge in [0.15, 0.2) is 0 Å². The van der Waals surface area contributed by atoms with Crippen LogP contribution in [0.3, 0.4) is 0 Å². The molecule has 1 heterocycles. The summed E-state index contributed by atoms with van der Waals surface area (Å²) >= 11 is 0. The molecule has 1 aliphatic heterocycles. The van der Waals surface area contributed by atoms with Crippen LogP contribution in [-0.4, -0.2) is 28.9 Å². The molecule has 2 fully saturated rings. The summed E-state index contributed by atoms with van der Waals surface area (Å²) in [6, 6.07) is 0.322. The van der Waals surface area contributed by atoms with Crippen molar-refractivity contribution in [2.24, 2.45) is 11.7 Å². The van der Waals surface area contributed by atoms with Gasteiger partial charge in [-0.05, 0) is 25.7 Å². The Morgan fingerprint density at radius 3 is 2.94 bits per heavy atom. The van der Waals surface area contributed by atoms with Crippen molar-refractivity contribution in [2.75, 3.05) is 6.54 Å². The Hall–Kier alpha value is -0.570. The minimum absolute atomic E-state index is 0.0696. The van der Waals surface area contributed by atoms with E-state index in [0.717, 1.165) is 38.6 Å². The third-order valence-electron chi connectivity index (χ3n) is 4.65. The molecule has 3 nitrogen and oxygen atoms in total. The van der Waals surface area contributed by atoms with Crippen LogP contribution < -0.4 is 5.73 Å². The first-order chi connectivity index (χ1) is 8.08. The average Bonchev–Trinajstić information content (AvgIpc) is 2.66. The first-order valence-corrected chi connectivity index (χ1v) is 7.18. The summed E-state index contributed by atoms with van der Waals surface area (Å²) in [6.07, 6.45) is 7.76. The molecule has 2 aliphatic rings. The van der Waals surface area contributed by atoms with Gasteiger partial charge in [-0.15, -0.1) is 0 Å². The summed E-state index contributed by atoms with van der Waals surface area (Å²) in [7, 11) is 0. The predicted molar refractivity (Wildman–Crippen MR) is 69.6 cm³/mol. The van der Waals surface area contributed by atoms with Gasteiger partial charge in [0.25, 0.3) is 0 Å². The number of amides is 1. The van der Waals surface area contributed by atoms with Gasteiger partial charge >= 0.3 is 0 Å². The third kappa shape index (κ3) is 2.35. The maximum absolute atomic E-state index is 12.4. The molecule has 17 heavy (non-hydrogen) atoms. The Bertz CT molecular complexity index is 292. The van der Waals surface area contributed by atoms with E-state index in [0.29, 0.717) is 11.9 Å². The summed E-state index contributed by atoms with van der Waals surface area (Å²) in [6.45, 7) is 5.08. The third-order valence-corrected chi connectivity index (χ3v) is 4.65. The van der Waals surface area contributed by atoms with E-state index < -0.39 is 0 Å². The molecule has 2 rings (SSSR count). The van der Waals surface area contributed by atoms with E-state index in [1.54, 1.807) is 0 Å². The minimum Gasteiger partial charge on any atom is -0.338 e. The van der Waals surface area contributed by atoms with Crippen LogP contribution in [0, 0.1) is 5.92 Å². The fraction of sp³-hybridized carbons (Fsp3) is 0.929. The van der Waals surface area contributed by atoms with Gasteiger partial charge in [-0.25, -0.2) is 0 Å².